The van der Waals surface area contributed by atoms with Crippen LogP contribution in [-0.2, 0) is 32.6 Å². The standard InChI is InChI=1S/C29H34ClN3O4S/c1-22-16-17-25(30)20-26(22)33(38(3,36)37)18-10-15-28(34)32(21-24-13-8-5-9-14-24)27(29(35)31-2)19-23-11-6-4-7-12-23/h4-9,11-14,16-17,20,27H,10,15,18-19,21H2,1-3H3,(H,31,35). The Labute approximate surface area is 230 Å². The van der Waals surface area contributed by atoms with Crippen LogP contribution in [0.2, 0.25) is 5.02 Å². The second kappa shape index (κ2) is 13.4. The van der Waals surface area contributed by atoms with Crippen LogP contribution in [0.15, 0.2) is 78.9 Å². The van der Waals surface area contributed by atoms with Gasteiger partial charge in [0.1, 0.15) is 6.04 Å². The average molecular weight is 556 g/mol. The third kappa shape index (κ3) is 8.07. The molecule has 202 valence electrons. The van der Waals surface area contributed by atoms with Crippen LogP contribution < -0.4 is 9.62 Å². The fourth-order valence-electron chi connectivity index (χ4n) is 4.33. The average Bonchev–Trinajstić information content (AvgIpc) is 2.90. The molecule has 0 aliphatic heterocycles. The van der Waals surface area contributed by atoms with Crippen molar-refractivity contribution in [1.82, 2.24) is 10.2 Å². The number of anilines is 1. The first-order valence-electron chi connectivity index (χ1n) is 12.4. The zero-order valence-electron chi connectivity index (χ0n) is 21.9. The molecule has 0 radical (unpaired) electrons. The Morgan fingerprint density at radius 2 is 1.55 bits per heavy atom. The van der Waals surface area contributed by atoms with E-state index in [9.17, 15) is 18.0 Å². The van der Waals surface area contributed by atoms with E-state index in [-0.39, 0.29) is 37.7 Å². The molecule has 3 aromatic carbocycles. The third-order valence-corrected chi connectivity index (χ3v) is 7.72. The van der Waals surface area contributed by atoms with Crippen molar-refractivity contribution < 1.29 is 18.0 Å². The molecule has 0 saturated heterocycles. The maximum Gasteiger partial charge on any atom is 0.242 e. The summed E-state index contributed by atoms with van der Waals surface area (Å²) in [5.74, 6) is -0.486. The molecule has 2 amide bonds. The van der Waals surface area contributed by atoms with Crippen LogP contribution in [0.5, 0.6) is 0 Å². The molecule has 0 spiro atoms. The SMILES string of the molecule is CNC(=O)C(Cc1ccccc1)N(Cc1ccccc1)C(=O)CCCN(c1cc(Cl)ccc1C)S(C)(=O)=O. The van der Waals surface area contributed by atoms with Gasteiger partial charge in [0, 0.05) is 38.0 Å². The van der Waals surface area contributed by atoms with E-state index in [4.69, 9.17) is 11.6 Å². The highest BCUT2D eigenvalue weighted by Gasteiger charge is 2.30. The number of carbonyl (C=O) groups excluding carboxylic acids is 2. The van der Waals surface area contributed by atoms with Crippen molar-refractivity contribution in [3.8, 4) is 0 Å². The zero-order chi connectivity index (χ0) is 27.7. The second-order valence-electron chi connectivity index (χ2n) is 9.20. The molecule has 0 heterocycles. The van der Waals surface area contributed by atoms with Gasteiger partial charge in [-0.3, -0.25) is 13.9 Å². The van der Waals surface area contributed by atoms with E-state index in [1.165, 1.54) is 4.31 Å². The summed E-state index contributed by atoms with van der Waals surface area (Å²) in [6.45, 7) is 2.18. The topological polar surface area (TPSA) is 86.8 Å². The number of halogens is 1. The van der Waals surface area contributed by atoms with Crippen molar-refractivity contribution in [2.24, 2.45) is 0 Å². The van der Waals surface area contributed by atoms with Gasteiger partial charge in [-0.25, -0.2) is 8.42 Å². The van der Waals surface area contributed by atoms with Crippen molar-refractivity contribution in [3.05, 3.63) is 101 Å². The molecular weight excluding hydrogens is 522 g/mol. The first kappa shape index (κ1) is 29.2. The summed E-state index contributed by atoms with van der Waals surface area (Å²) in [6, 6.07) is 23.4. The van der Waals surface area contributed by atoms with Crippen LogP contribution in [0, 0.1) is 6.92 Å². The van der Waals surface area contributed by atoms with E-state index >= 15 is 0 Å². The molecule has 0 aliphatic rings. The number of aryl methyl sites for hydroxylation is 1. The first-order chi connectivity index (χ1) is 18.1. The summed E-state index contributed by atoms with van der Waals surface area (Å²) in [5.41, 5.74) is 3.09. The summed E-state index contributed by atoms with van der Waals surface area (Å²) in [6.07, 6.45) is 1.84. The van der Waals surface area contributed by atoms with Gasteiger partial charge in [0.15, 0.2) is 0 Å². The van der Waals surface area contributed by atoms with Crippen molar-refractivity contribution in [3.63, 3.8) is 0 Å². The molecule has 3 aromatic rings. The largest absolute Gasteiger partial charge is 0.357 e. The summed E-state index contributed by atoms with van der Waals surface area (Å²) in [7, 11) is -2.05. The maximum atomic E-state index is 13.6. The normalized spacial score (nSPS) is 12.0. The van der Waals surface area contributed by atoms with Crippen LogP contribution >= 0.6 is 11.6 Å². The highest BCUT2D eigenvalue weighted by atomic mass is 35.5. The molecule has 0 aliphatic carbocycles. The van der Waals surface area contributed by atoms with Gasteiger partial charge in [-0.05, 0) is 42.2 Å². The monoisotopic (exact) mass is 555 g/mol. The van der Waals surface area contributed by atoms with Gasteiger partial charge in [-0.15, -0.1) is 0 Å². The number of nitrogens with zero attached hydrogens (tertiary/aromatic N) is 2. The summed E-state index contributed by atoms with van der Waals surface area (Å²) < 4.78 is 26.5. The number of amides is 2. The van der Waals surface area contributed by atoms with Crippen molar-refractivity contribution in [2.45, 2.75) is 38.8 Å². The molecular formula is C29H34ClN3O4S. The molecule has 0 bridgehead atoms. The minimum atomic E-state index is -3.61. The number of sulfonamides is 1. The predicted molar refractivity (Wildman–Crippen MR) is 153 cm³/mol. The molecule has 9 heteroatoms. The van der Waals surface area contributed by atoms with Gasteiger partial charge in [0.05, 0.1) is 11.9 Å². The number of benzene rings is 3. The molecule has 3 rings (SSSR count). The summed E-state index contributed by atoms with van der Waals surface area (Å²) in [5, 5.41) is 3.13. The van der Waals surface area contributed by atoms with Crippen LogP contribution in [0.4, 0.5) is 5.69 Å². The van der Waals surface area contributed by atoms with E-state index < -0.39 is 16.1 Å². The Balaban J connectivity index is 1.84. The smallest absolute Gasteiger partial charge is 0.242 e. The quantitative estimate of drug-likeness (QED) is 0.354. The first-order valence-corrected chi connectivity index (χ1v) is 14.7. The number of hydrogen-bond donors (Lipinski definition) is 1. The lowest BCUT2D eigenvalue weighted by Gasteiger charge is -2.31. The molecule has 7 nitrogen and oxygen atoms in total. The highest BCUT2D eigenvalue weighted by molar-refractivity contribution is 7.92. The van der Waals surface area contributed by atoms with Gasteiger partial charge in [-0.2, -0.15) is 0 Å². The molecule has 0 fully saturated rings. The molecule has 0 aromatic heterocycles. The van der Waals surface area contributed by atoms with Gasteiger partial charge < -0.3 is 10.2 Å². The lowest BCUT2D eigenvalue weighted by Crippen LogP contribution is -2.49. The van der Waals surface area contributed by atoms with Crippen LogP contribution in [0.1, 0.15) is 29.5 Å². The number of hydrogen-bond acceptors (Lipinski definition) is 4. The zero-order valence-corrected chi connectivity index (χ0v) is 23.5. The maximum absolute atomic E-state index is 13.6. The Bertz CT molecular complexity index is 1330. The van der Waals surface area contributed by atoms with E-state index in [1.807, 2.05) is 67.6 Å². The van der Waals surface area contributed by atoms with Crippen molar-refractivity contribution in [1.29, 1.82) is 0 Å². The molecule has 1 unspecified atom stereocenters. The van der Waals surface area contributed by atoms with Crippen LogP contribution in [0.3, 0.4) is 0 Å². The minimum absolute atomic E-state index is 0.0702. The van der Waals surface area contributed by atoms with Crippen molar-refractivity contribution >= 4 is 39.1 Å². The molecule has 1 atom stereocenters. The molecule has 0 saturated carbocycles. The Hall–Kier alpha value is -3.36. The van der Waals surface area contributed by atoms with E-state index in [2.05, 4.69) is 5.32 Å². The number of nitrogens with one attached hydrogen (secondary N) is 1. The predicted octanol–water partition coefficient (Wildman–Crippen LogP) is 4.58. The fourth-order valence-corrected chi connectivity index (χ4v) is 5.52. The Morgan fingerprint density at radius 1 is 0.947 bits per heavy atom. The fraction of sp³-hybridized carbons (Fsp3) is 0.310. The molecule has 1 N–H and O–H groups in total. The lowest BCUT2D eigenvalue weighted by molar-refractivity contribution is -0.141. The van der Waals surface area contributed by atoms with Crippen LogP contribution in [-0.4, -0.2) is 51.0 Å². The van der Waals surface area contributed by atoms with Gasteiger partial charge >= 0.3 is 0 Å². The highest BCUT2D eigenvalue weighted by Crippen LogP contribution is 2.27. The van der Waals surface area contributed by atoms with E-state index in [1.54, 1.807) is 30.1 Å². The Kier molecular flexibility index (Phi) is 10.3. The summed E-state index contributed by atoms with van der Waals surface area (Å²) >= 11 is 6.14. The van der Waals surface area contributed by atoms with Crippen LogP contribution in [0.25, 0.3) is 0 Å². The minimum Gasteiger partial charge on any atom is -0.357 e. The molecule has 38 heavy (non-hydrogen) atoms. The lowest BCUT2D eigenvalue weighted by atomic mass is 10.0. The van der Waals surface area contributed by atoms with E-state index in [0.717, 1.165) is 22.9 Å². The van der Waals surface area contributed by atoms with E-state index in [0.29, 0.717) is 17.1 Å². The third-order valence-electron chi connectivity index (χ3n) is 6.31. The Morgan fingerprint density at radius 3 is 2.13 bits per heavy atom. The van der Waals surface area contributed by atoms with Gasteiger partial charge in [-0.1, -0.05) is 78.3 Å². The number of likely N-dealkylation sites (N-methyl/N-ethyl adjacent to an activating group) is 1. The number of rotatable bonds is 12. The van der Waals surface area contributed by atoms with Gasteiger partial charge in [0.2, 0.25) is 21.8 Å². The van der Waals surface area contributed by atoms with Crippen molar-refractivity contribution in [2.75, 3.05) is 24.2 Å². The second-order valence-corrected chi connectivity index (χ2v) is 11.5. The summed E-state index contributed by atoms with van der Waals surface area (Å²) in [4.78, 5) is 28.3. The van der Waals surface area contributed by atoms with Gasteiger partial charge in [0.25, 0.3) is 0 Å². The number of carbonyl (C=O) groups is 2.